The highest BCUT2D eigenvalue weighted by molar-refractivity contribution is 5.89. The van der Waals surface area contributed by atoms with Crippen molar-refractivity contribution >= 4 is 16.7 Å². The molecule has 1 saturated carbocycles. The number of benzene rings is 1. The zero-order chi connectivity index (χ0) is 13.4. The second-order valence-corrected chi connectivity index (χ2v) is 5.68. The van der Waals surface area contributed by atoms with E-state index in [1.165, 1.54) is 27.7 Å². The van der Waals surface area contributed by atoms with E-state index < -0.39 is 0 Å². The first-order chi connectivity index (χ1) is 9.20. The predicted molar refractivity (Wildman–Crippen MR) is 78.5 cm³/mol. The molecule has 100 valence electrons. The summed E-state index contributed by atoms with van der Waals surface area (Å²) in [5.41, 5.74) is 5.22. The van der Waals surface area contributed by atoms with Crippen LogP contribution in [0.25, 0.3) is 10.9 Å². The smallest absolute Gasteiger partial charge is 0.136 e. The normalized spacial score (nSPS) is 19.5. The number of H-pyrrole nitrogens is 1. The first-order valence-electron chi connectivity index (χ1n) is 7.32. The Bertz CT molecular complexity index is 623. The highest BCUT2D eigenvalue weighted by Crippen LogP contribution is 2.31. The van der Waals surface area contributed by atoms with Crippen molar-refractivity contribution in [3.05, 3.63) is 35.0 Å². The number of aromatic amines is 1. The number of rotatable bonds is 3. The Kier molecular flexibility index (Phi) is 3.17. The lowest BCUT2D eigenvalue weighted by molar-refractivity contribution is -0.120. The van der Waals surface area contributed by atoms with Crippen LogP contribution in [0.15, 0.2) is 18.2 Å². The average molecular weight is 255 g/mol. The summed E-state index contributed by atoms with van der Waals surface area (Å²) in [4.78, 5) is 15.4. The van der Waals surface area contributed by atoms with Gasteiger partial charge in [0.25, 0.3) is 0 Å². The lowest BCUT2D eigenvalue weighted by Crippen LogP contribution is -2.09. The molecule has 1 N–H and O–H groups in total. The number of hydrogen-bond donors (Lipinski definition) is 1. The molecule has 1 atom stereocenters. The fourth-order valence-corrected chi connectivity index (χ4v) is 3.37. The first kappa shape index (κ1) is 12.5. The topological polar surface area (TPSA) is 32.9 Å². The number of aromatic nitrogens is 1. The van der Waals surface area contributed by atoms with Crippen LogP contribution in [0.2, 0.25) is 0 Å². The summed E-state index contributed by atoms with van der Waals surface area (Å²) in [5.74, 6) is 0.711. The van der Waals surface area contributed by atoms with Crippen molar-refractivity contribution < 1.29 is 4.79 Å². The fraction of sp³-hybridized carbons (Fsp3) is 0.471. The molecule has 0 aliphatic heterocycles. The van der Waals surface area contributed by atoms with E-state index in [4.69, 9.17) is 0 Å². The maximum atomic E-state index is 11.9. The van der Waals surface area contributed by atoms with Gasteiger partial charge in [0.2, 0.25) is 0 Å². The number of aryl methyl sites for hydroxylation is 2. The molecule has 2 aromatic rings. The van der Waals surface area contributed by atoms with Gasteiger partial charge in [0.15, 0.2) is 0 Å². The Morgan fingerprint density at radius 3 is 2.89 bits per heavy atom. The van der Waals surface area contributed by atoms with Crippen LogP contribution in [-0.4, -0.2) is 10.8 Å². The number of para-hydroxylation sites is 1. The van der Waals surface area contributed by atoms with E-state index in [2.05, 4.69) is 37.0 Å². The Balaban J connectivity index is 2.03. The van der Waals surface area contributed by atoms with Crippen LogP contribution in [0.3, 0.4) is 0 Å². The van der Waals surface area contributed by atoms with Crippen molar-refractivity contribution in [3.8, 4) is 0 Å². The number of hydrogen-bond acceptors (Lipinski definition) is 1. The van der Waals surface area contributed by atoms with Crippen LogP contribution in [0.4, 0.5) is 0 Å². The lowest BCUT2D eigenvalue weighted by atomic mass is 9.94. The summed E-state index contributed by atoms with van der Waals surface area (Å²) in [6.07, 6.45) is 4.88. The highest BCUT2D eigenvalue weighted by Gasteiger charge is 2.26. The molecule has 0 radical (unpaired) electrons. The third-order valence-corrected chi connectivity index (χ3v) is 4.50. The van der Waals surface area contributed by atoms with Gasteiger partial charge < -0.3 is 4.98 Å². The van der Waals surface area contributed by atoms with E-state index in [-0.39, 0.29) is 5.92 Å². The second kappa shape index (κ2) is 4.84. The zero-order valence-electron chi connectivity index (χ0n) is 11.8. The van der Waals surface area contributed by atoms with E-state index in [1.807, 2.05) is 0 Å². The van der Waals surface area contributed by atoms with Gasteiger partial charge in [-0.3, -0.25) is 4.79 Å². The molecule has 1 unspecified atom stereocenters. The number of carbonyl (C=O) groups is 1. The van der Waals surface area contributed by atoms with Crippen molar-refractivity contribution in [1.29, 1.82) is 0 Å². The number of nitrogens with one attached hydrogen (secondary N) is 1. The minimum Gasteiger partial charge on any atom is -0.358 e. The summed E-state index contributed by atoms with van der Waals surface area (Å²) >= 11 is 0. The fourth-order valence-electron chi connectivity index (χ4n) is 3.37. The van der Waals surface area contributed by atoms with Crippen molar-refractivity contribution in [2.45, 2.75) is 46.0 Å². The standard InChI is InChI=1S/C17H21NO/c1-3-12-6-4-8-14-15(11(2)18-17(12)14)10-13-7-5-9-16(13)19/h4,6,8,13,18H,3,5,7,9-10H2,1-2H3. The van der Waals surface area contributed by atoms with Gasteiger partial charge in [-0.25, -0.2) is 0 Å². The van der Waals surface area contributed by atoms with Crippen LogP contribution in [0.1, 0.15) is 43.0 Å². The molecular formula is C17H21NO. The van der Waals surface area contributed by atoms with Gasteiger partial charge in [-0.05, 0) is 43.7 Å². The van der Waals surface area contributed by atoms with Gasteiger partial charge in [-0.15, -0.1) is 0 Å². The van der Waals surface area contributed by atoms with Crippen LogP contribution >= 0.6 is 0 Å². The number of carbonyl (C=O) groups excluding carboxylic acids is 1. The first-order valence-corrected chi connectivity index (χ1v) is 7.32. The Labute approximate surface area is 114 Å². The predicted octanol–water partition coefficient (Wildman–Crippen LogP) is 3.95. The van der Waals surface area contributed by atoms with Gasteiger partial charge in [-0.1, -0.05) is 25.1 Å². The number of Topliss-reactive ketones (excluding diaryl/α,β-unsaturated/α-hetero) is 1. The van der Waals surface area contributed by atoms with E-state index in [0.29, 0.717) is 5.78 Å². The third-order valence-electron chi connectivity index (χ3n) is 4.50. The maximum absolute atomic E-state index is 11.9. The van der Waals surface area contributed by atoms with Crippen molar-refractivity contribution in [2.75, 3.05) is 0 Å². The molecule has 1 heterocycles. The van der Waals surface area contributed by atoms with Crippen LogP contribution in [0.5, 0.6) is 0 Å². The summed E-state index contributed by atoms with van der Waals surface area (Å²) in [7, 11) is 0. The van der Waals surface area contributed by atoms with Gasteiger partial charge in [0.1, 0.15) is 5.78 Å². The SMILES string of the molecule is CCc1cccc2c(CC3CCCC3=O)c(C)[nH]c12. The summed E-state index contributed by atoms with van der Waals surface area (Å²) in [6, 6.07) is 6.50. The summed E-state index contributed by atoms with van der Waals surface area (Å²) < 4.78 is 0. The molecule has 1 aliphatic rings. The Hall–Kier alpha value is -1.57. The van der Waals surface area contributed by atoms with Crippen molar-refractivity contribution in [3.63, 3.8) is 0 Å². The largest absolute Gasteiger partial charge is 0.358 e. The minimum atomic E-state index is 0.253. The van der Waals surface area contributed by atoms with Gasteiger partial charge in [0.05, 0.1) is 0 Å². The monoisotopic (exact) mass is 255 g/mol. The van der Waals surface area contributed by atoms with Crippen LogP contribution < -0.4 is 0 Å². The van der Waals surface area contributed by atoms with E-state index in [1.54, 1.807) is 0 Å². The van der Waals surface area contributed by atoms with E-state index in [9.17, 15) is 4.79 Å². The van der Waals surface area contributed by atoms with Crippen molar-refractivity contribution in [1.82, 2.24) is 4.98 Å². The minimum absolute atomic E-state index is 0.253. The molecule has 0 amide bonds. The molecule has 1 aromatic carbocycles. The molecule has 0 bridgehead atoms. The maximum Gasteiger partial charge on any atom is 0.136 e. The quantitative estimate of drug-likeness (QED) is 0.885. The molecule has 1 aliphatic carbocycles. The molecule has 0 spiro atoms. The number of ketones is 1. The van der Waals surface area contributed by atoms with Gasteiger partial charge in [-0.2, -0.15) is 0 Å². The van der Waals surface area contributed by atoms with E-state index in [0.717, 1.165) is 32.1 Å². The Morgan fingerprint density at radius 1 is 1.37 bits per heavy atom. The molecule has 2 heteroatoms. The molecule has 3 rings (SSSR count). The number of fused-ring (bicyclic) bond motifs is 1. The van der Waals surface area contributed by atoms with Crippen LogP contribution in [-0.2, 0) is 17.6 Å². The zero-order valence-corrected chi connectivity index (χ0v) is 11.8. The average Bonchev–Trinajstić information content (AvgIpc) is 2.95. The molecule has 19 heavy (non-hydrogen) atoms. The van der Waals surface area contributed by atoms with E-state index >= 15 is 0 Å². The van der Waals surface area contributed by atoms with Gasteiger partial charge >= 0.3 is 0 Å². The van der Waals surface area contributed by atoms with Crippen LogP contribution in [0, 0.1) is 12.8 Å². The summed E-state index contributed by atoms with van der Waals surface area (Å²) in [5, 5.41) is 1.32. The summed E-state index contributed by atoms with van der Waals surface area (Å²) in [6.45, 7) is 4.32. The molecule has 0 saturated heterocycles. The second-order valence-electron chi connectivity index (χ2n) is 5.68. The van der Waals surface area contributed by atoms with Crippen molar-refractivity contribution in [2.24, 2.45) is 5.92 Å². The molecule has 1 aromatic heterocycles. The van der Waals surface area contributed by atoms with Gasteiger partial charge in [0, 0.05) is 28.9 Å². The third kappa shape index (κ3) is 2.09. The molecule has 2 nitrogen and oxygen atoms in total. The molecule has 1 fully saturated rings. The Morgan fingerprint density at radius 2 is 2.21 bits per heavy atom. The highest BCUT2D eigenvalue weighted by atomic mass is 16.1. The lowest BCUT2D eigenvalue weighted by Gasteiger charge is -2.08. The molecular weight excluding hydrogens is 234 g/mol.